The Kier molecular flexibility index (Phi) is 7.73. The third kappa shape index (κ3) is 5.72. The molecule has 2 fully saturated rings. The Morgan fingerprint density at radius 3 is 2.64 bits per heavy atom. The zero-order valence-electron chi connectivity index (χ0n) is 17.1. The maximum Gasteiger partial charge on any atom is 0.289 e. The second kappa shape index (κ2) is 10.5. The number of hydrogen-bond acceptors (Lipinski definition) is 5. The zero-order chi connectivity index (χ0) is 19.8. The lowest BCUT2D eigenvalue weighted by Crippen LogP contribution is -2.53. The number of hydrogen-bond donors (Lipinski definition) is 1. The molecule has 0 aromatic carbocycles. The van der Waals surface area contributed by atoms with Gasteiger partial charge in [0.1, 0.15) is 0 Å². The Morgan fingerprint density at radius 1 is 1.29 bits per heavy atom. The highest BCUT2D eigenvalue weighted by Gasteiger charge is 2.28. The van der Waals surface area contributed by atoms with Crippen LogP contribution >= 0.6 is 0 Å². The van der Waals surface area contributed by atoms with Crippen LogP contribution in [0.25, 0.3) is 0 Å². The van der Waals surface area contributed by atoms with Crippen LogP contribution in [0.4, 0.5) is 0 Å². The van der Waals surface area contributed by atoms with Crippen molar-refractivity contribution in [2.45, 2.75) is 25.8 Å². The lowest BCUT2D eigenvalue weighted by molar-refractivity contribution is 0.0657. The van der Waals surface area contributed by atoms with Gasteiger partial charge >= 0.3 is 0 Å². The van der Waals surface area contributed by atoms with Crippen molar-refractivity contribution in [3.8, 4) is 0 Å². The topological polar surface area (TPSA) is 73.6 Å². The summed E-state index contributed by atoms with van der Waals surface area (Å²) in [4.78, 5) is 23.8. The van der Waals surface area contributed by atoms with Crippen LogP contribution in [-0.2, 0) is 4.74 Å². The van der Waals surface area contributed by atoms with Crippen molar-refractivity contribution in [2.75, 3.05) is 66.1 Å². The van der Waals surface area contributed by atoms with Crippen molar-refractivity contribution in [1.29, 1.82) is 0 Å². The molecule has 1 N–H and O–H groups in total. The standard InChI is InChI=1S/C20H33N5O3/c1-3-21-20(22-8-9-23(14-16-27-2)17-6-7-17)25-12-10-24(11-13-25)19(26)18-5-4-15-28-18/h4-5,15,17H,3,6-14,16H2,1-2H3,(H,21,22). The highest BCUT2D eigenvalue weighted by Crippen LogP contribution is 2.26. The molecule has 8 nitrogen and oxygen atoms in total. The van der Waals surface area contributed by atoms with Gasteiger partial charge in [-0.3, -0.25) is 14.7 Å². The van der Waals surface area contributed by atoms with Crippen LogP contribution < -0.4 is 5.32 Å². The molecule has 1 aromatic rings. The number of amides is 1. The van der Waals surface area contributed by atoms with Gasteiger partial charge in [-0.1, -0.05) is 0 Å². The smallest absolute Gasteiger partial charge is 0.289 e. The third-order valence-corrected chi connectivity index (χ3v) is 5.23. The summed E-state index contributed by atoms with van der Waals surface area (Å²) < 4.78 is 10.5. The summed E-state index contributed by atoms with van der Waals surface area (Å²) in [6, 6.07) is 4.18. The summed E-state index contributed by atoms with van der Waals surface area (Å²) in [7, 11) is 1.75. The van der Waals surface area contributed by atoms with Gasteiger partial charge in [0.25, 0.3) is 5.91 Å². The number of ether oxygens (including phenoxy) is 1. The fourth-order valence-electron chi connectivity index (χ4n) is 3.51. The van der Waals surface area contributed by atoms with Crippen molar-refractivity contribution in [2.24, 2.45) is 4.99 Å². The molecule has 0 radical (unpaired) electrons. The first-order valence-electron chi connectivity index (χ1n) is 10.3. The maximum absolute atomic E-state index is 12.4. The van der Waals surface area contributed by atoms with Gasteiger partial charge in [-0.05, 0) is 31.9 Å². The number of aliphatic imine (C=N–C) groups is 1. The lowest BCUT2D eigenvalue weighted by atomic mass is 10.3. The number of carbonyl (C=O) groups is 1. The van der Waals surface area contributed by atoms with E-state index in [1.54, 1.807) is 19.2 Å². The molecule has 0 unspecified atom stereocenters. The van der Waals surface area contributed by atoms with Gasteiger partial charge in [0.15, 0.2) is 11.7 Å². The van der Waals surface area contributed by atoms with E-state index < -0.39 is 0 Å². The number of piperazine rings is 1. The zero-order valence-corrected chi connectivity index (χ0v) is 17.1. The van der Waals surface area contributed by atoms with Crippen LogP contribution in [0.1, 0.15) is 30.3 Å². The van der Waals surface area contributed by atoms with Gasteiger partial charge in [-0.15, -0.1) is 0 Å². The van der Waals surface area contributed by atoms with Crippen LogP contribution in [0.2, 0.25) is 0 Å². The van der Waals surface area contributed by atoms with E-state index in [0.29, 0.717) is 24.9 Å². The van der Waals surface area contributed by atoms with E-state index in [9.17, 15) is 4.79 Å². The molecular weight excluding hydrogens is 358 g/mol. The van der Waals surface area contributed by atoms with Crippen molar-refractivity contribution in [3.63, 3.8) is 0 Å². The second-order valence-electron chi connectivity index (χ2n) is 7.25. The van der Waals surface area contributed by atoms with Crippen molar-refractivity contribution in [3.05, 3.63) is 24.2 Å². The molecule has 1 saturated carbocycles. The maximum atomic E-state index is 12.4. The summed E-state index contributed by atoms with van der Waals surface area (Å²) in [5.74, 6) is 1.31. The first-order chi connectivity index (χ1) is 13.7. The number of methoxy groups -OCH3 is 1. The SMILES string of the molecule is CCNC(=NCCN(CCOC)C1CC1)N1CCN(C(=O)c2ccco2)CC1. The van der Waals surface area contributed by atoms with Gasteiger partial charge < -0.3 is 24.3 Å². The van der Waals surface area contributed by atoms with E-state index in [1.165, 1.54) is 19.1 Å². The fourth-order valence-corrected chi connectivity index (χ4v) is 3.51. The molecule has 1 amide bonds. The van der Waals surface area contributed by atoms with E-state index in [-0.39, 0.29) is 5.91 Å². The molecule has 1 aliphatic heterocycles. The number of rotatable bonds is 9. The average Bonchev–Trinajstić information content (AvgIpc) is 3.42. The summed E-state index contributed by atoms with van der Waals surface area (Å²) in [5, 5.41) is 3.40. The third-order valence-electron chi connectivity index (χ3n) is 5.23. The monoisotopic (exact) mass is 391 g/mol. The van der Waals surface area contributed by atoms with Crippen LogP contribution in [-0.4, -0.2) is 98.7 Å². The molecule has 1 aromatic heterocycles. The van der Waals surface area contributed by atoms with E-state index in [2.05, 4.69) is 22.0 Å². The average molecular weight is 392 g/mol. The molecule has 0 atom stereocenters. The first kappa shape index (κ1) is 20.7. The predicted octanol–water partition coefficient (Wildman–Crippen LogP) is 1.11. The highest BCUT2D eigenvalue weighted by molar-refractivity contribution is 5.91. The summed E-state index contributed by atoms with van der Waals surface area (Å²) >= 11 is 0. The van der Waals surface area contributed by atoms with Gasteiger partial charge in [0, 0.05) is 59.0 Å². The Morgan fingerprint density at radius 2 is 2.04 bits per heavy atom. The van der Waals surface area contributed by atoms with Crippen molar-refractivity contribution >= 4 is 11.9 Å². The molecular formula is C20H33N5O3. The summed E-state index contributed by atoms with van der Waals surface area (Å²) in [6.07, 6.45) is 4.12. The first-order valence-corrected chi connectivity index (χ1v) is 10.3. The molecule has 0 spiro atoms. The largest absolute Gasteiger partial charge is 0.459 e. The predicted molar refractivity (Wildman–Crippen MR) is 109 cm³/mol. The fraction of sp³-hybridized carbons (Fsp3) is 0.700. The number of guanidine groups is 1. The van der Waals surface area contributed by atoms with Crippen LogP contribution in [0, 0.1) is 0 Å². The number of nitrogens with one attached hydrogen (secondary N) is 1. The number of carbonyl (C=O) groups excluding carboxylic acids is 1. The Bertz CT molecular complexity index is 622. The van der Waals surface area contributed by atoms with Crippen LogP contribution in [0.5, 0.6) is 0 Å². The van der Waals surface area contributed by atoms with Crippen LogP contribution in [0.15, 0.2) is 27.8 Å². The molecule has 2 aliphatic rings. The Labute approximate surface area is 167 Å². The minimum Gasteiger partial charge on any atom is -0.459 e. The molecule has 0 bridgehead atoms. The molecule has 1 saturated heterocycles. The molecule has 1 aliphatic carbocycles. The molecule has 2 heterocycles. The van der Waals surface area contributed by atoms with Crippen molar-refractivity contribution in [1.82, 2.24) is 20.0 Å². The number of furan rings is 1. The van der Waals surface area contributed by atoms with Gasteiger partial charge in [-0.2, -0.15) is 0 Å². The van der Waals surface area contributed by atoms with Crippen LogP contribution in [0.3, 0.4) is 0 Å². The van der Waals surface area contributed by atoms with Gasteiger partial charge in [0.2, 0.25) is 0 Å². The lowest BCUT2D eigenvalue weighted by Gasteiger charge is -2.36. The highest BCUT2D eigenvalue weighted by atomic mass is 16.5. The van der Waals surface area contributed by atoms with E-state index >= 15 is 0 Å². The Hall–Kier alpha value is -2.06. The second-order valence-corrected chi connectivity index (χ2v) is 7.25. The molecule has 3 rings (SSSR count). The quantitative estimate of drug-likeness (QED) is 0.502. The summed E-state index contributed by atoms with van der Waals surface area (Å²) in [6.45, 7) is 9.28. The minimum absolute atomic E-state index is 0.0372. The van der Waals surface area contributed by atoms with Gasteiger partial charge in [0.05, 0.1) is 19.4 Å². The molecule has 28 heavy (non-hydrogen) atoms. The molecule has 156 valence electrons. The van der Waals surface area contributed by atoms with E-state index in [4.69, 9.17) is 14.1 Å². The Balaban J connectivity index is 1.49. The van der Waals surface area contributed by atoms with E-state index in [1.807, 2.05) is 4.90 Å². The van der Waals surface area contributed by atoms with Gasteiger partial charge in [-0.25, -0.2) is 0 Å². The van der Waals surface area contributed by atoms with E-state index in [0.717, 1.165) is 51.8 Å². The summed E-state index contributed by atoms with van der Waals surface area (Å²) in [5.41, 5.74) is 0. The number of nitrogens with zero attached hydrogens (tertiary/aromatic N) is 4. The van der Waals surface area contributed by atoms with Crippen molar-refractivity contribution < 1.29 is 13.9 Å². The normalized spacial score (nSPS) is 18.0. The molecule has 8 heteroatoms. The minimum atomic E-state index is -0.0372.